The van der Waals surface area contributed by atoms with Crippen LogP contribution in [0.5, 0.6) is 5.75 Å². The van der Waals surface area contributed by atoms with Gasteiger partial charge in [0, 0.05) is 27.7 Å². The summed E-state index contributed by atoms with van der Waals surface area (Å²) in [5.74, 6) is 0.563. The number of amides is 1. The Labute approximate surface area is 133 Å². The molecule has 0 saturated heterocycles. The van der Waals surface area contributed by atoms with Crippen LogP contribution in [0.2, 0.25) is 5.02 Å². The maximum absolute atomic E-state index is 12.4. The van der Waals surface area contributed by atoms with Crippen molar-refractivity contribution in [1.82, 2.24) is 4.98 Å². The maximum atomic E-state index is 12.4. The van der Waals surface area contributed by atoms with Crippen LogP contribution in [0, 0.1) is 6.92 Å². The number of rotatable bonds is 3. The molecule has 0 bridgehead atoms. The molecule has 1 heterocycles. The van der Waals surface area contributed by atoms with Crippen molar-refractivity contribution < 1.29 is 9.53 Å². The number of ether oxygens (including phenoxy) is 1. The van der Waals surface area contributed by atoms with Gasteiger partial charge in [-0.1, -0.05) is 11.6 Å². The minimum absolute atomic E-state index is 0.185. The molecule has 112 valence electrons. The molecule has 0 aliphatic heterocycles. The maximum Gasteiger partial charge on any atom is 0.272 e. The number of anilines is 1. The monoisotopic (exact) mass is 314 g/mol. The van der Waals surface area contributed by atoms with E-state index < -0.39 is 0 Å². The lowest BCUT2D eigenvalue weighted by molar-refractivity contribution is 0.102. The lowest BCUT2D eigenvalue weighted by atomic mass is 10.1. The molecule has 1 aromatic heterocycles. The van der Waals surface area contributed by atoms with E-state index in [0.717, 1.165) is 22.2 Å². The van der Waals surface area contributed by atoms with E-state index in [9.17, 15) is 4.79 Å². The van der Waals surface area contributed by atoms with Crippen molar-refractivity contribution in [3.05, 3.63) is 58.7 Å². The van der Waals surface area contributed by atoms with E-state index >= 15 is 0 Å². The Hall–Kier alpha value is -2.46. The number of halogens is 1. The molecule has 0 aliphatic rings. The van der Waals surface area contributed by atoms with Crippen molar-refractivity contribution >= 4 is 34.1 Å². The summed E-state index contributed by atoms with van der Waals surface area (Å²) in [6.07, 6.45) is 0. The van der Waals surface area contributed by atoms with Crippen LogP contribution in [0.25, 0.3) is 10.9 Å². The van der Waals surface area contributed by atoms with Gasteiger partial charge < -0.3 is 15.0 Å². The number of aromatic nitrogens is 1. The van der Waals surface area contributed by atoms with Gasteiger partial charge in [0.2, 0.25) is 0 Å². The van der Waals surface area contributed by atoms with Gasteiger partial charge in [-0.15, -0.1) is 0 Å². The third-order valence-electron chi connectivity index (χ3n) is 3.59. The normalized spacial score (nSPS) is 10.7. The highest BCUT2D eigenvalue weighted by Gasteiger charge is 2.15. The van der Waals surface area contributed by atoms with Crippen molar-refractivity contribution in [2.45, 2.75) is 6.92 Å². The SMILES string of the molecule is COc1ccc2c(C)c(C(=O)Nc3ccc(Cl)cc3)[nH]c2c1. The standard InChI is InChI=1S/C17H15ClN2O2/c1-10-14-8-7-13(22-2)9-15(14)20-16(10)17(21)19-12-5-3-11(18)4-6-12/h3-9,20H,1-2H3,(H,19,21). The molecule has 0 spiro atoms. The van der Waals surface area contributed by atoms with Crippen LogP contribution >= 0.6 is 11.6 Å². The van der Waals surface area contributed by atoms with Crippen molar-refractivity contribution in [1.29, 1.82) is 0 Å². The molecular weight excluding hydrogens is 300 g/mol. The molecule has 0 aliphatic carbocycles. The molecule has 5 heteroatoms. The number of carbonyl (C=O) groups excluding carboxylic acids is 1. The van der Waals surface area contributed by atoms with E-state index in [1.165, 1.54) is 0 Å². The average molecular weight is 315 g/mol. The van der Waals surface area contributed by atoms with Gasteiger partial charge in [0.25, 0.3) is 5.91 Å². The number of fused-ring (bicyclic) bond motifs is 1. The van der Waals surface area contributed by atoms with Crippen LogP contribution in [0.4, 0.5) is 5.69 Å². The van der Waals surface area contributed by atoms with Gasteiger partial charge in [-0.3, -0.25) is 4.79 Å². The van der Waals surface area contributed by atoms with E-state index in [1.807, 2.05) is 25.1 Å². The van der Waals surface area contributed by atoms with Crippen LogP contribution in [0.15, 0.2) is 42.5 Å². The smallest absolute Gasteiger partial charge is 0.272 e. The predicted molar refractivity (Wildman–Crippen MR) is 89.0 cm³/mol. The predicted octanol–water partition coefficient (Wildman–Crippen LogP) is 4.39. The zero-order chi connectivity index (χ0) is 15.7. The Kier molecular flexibility index (Phi) is 3.77. The second kappa shape index (κ2) is 5.73. The van der Waals surface area contributed by atoms with Crippen LogP contribution in [0.3, 0.4) is 0 Å². The van der Waals surface area contributed by atoms with Crippen LogP contribution in [0.1, 0.15) is 16.1 Å². The highest BCUT2D eigenvalue weighted by molar-refractivity contribution is 6.30. The van der Waals surface area contributed by atoms with E-state index in [-0.39, 0.29) is 5.91 Å². The van der Waals surface area contributed by atoms with E-state index in [0.29, 0.717) is 16.4 Å². The number of benzene rings is 2. The topological polar surface area (TPSA) is 54.1 Å². The second-order valence-electron chi connectivity index (χ2n) is 5.00. The third-order valence-corrected chi connectivity index (χ3v) is 3.85. The summed E-state index contributed by atoms with van der Waals surface area (Å²) in [7, 11) is 1.62. The van der Waals surface area contributed by atoms with Crippen molar-refractivity contribution in [2.75, 3.05) is 12.4 Å². The highest BCUT2D eigenvalue weighted by atomic mass is 35.5. The highest BCUT2D eigenvalue weighted by Crippen LogP contribution is 2.26. The van der Waals surface area contributed by atoms with Gasteiger partial charge in [-0.25, -0.2) is 0 Å². The summed E-state index contributed by atoms with van der Waals surface area (Å²) in [6.45, 7) is 1.92. The lowest BCUT2D eigenvalue weighted by Gasteiger charge is -2.04. The number of nitrogens with one attached hydrogen (secondary N) is 2. The molecule has 2 N–H and O–H groups in total. The van der Waals surface area contributed by atoms with Gasteiger partial charge in [0.05, 0.1) is 7.11 Å². The number of H-pyrrole nitrogens is 1. The first-order chi connectivity index (χ1) is 10.6. The van der Waals surface area contributed by atoms with Crippen molar-refractivity contribution in [2.24, 2.45) is 0 Å². The lowest BCUT2D eigenvalue weighted by Crippen LogP contribution is -2.13. The molecule has 0 unspecified atom stereocenters. The summed E-state index contributed by atoms with van der Waals surface area (Å²) >= 11 is 5.84. The zero-order valence-electron chi connectivity index (χ0n) is 12.2. The molecule has 0 atom stereocenters. The third kappa shape index (κ3) is 2.65. The molecule has 4 nitrogen and oxygen atoms in total. The van der Waals surface area contributed by atoms with E-state index in [4.69, 9.17) is 16.3 Å². The molecule has 0 saturated carbocycles. The number of hydrogen-bond acceptors (Lipinski definition) is 2. The minimum atomic E-state index is -0.185. The van der Waals surface area contributed by atoms with Gasteiger partial charge in [0.1, 0.15) is 11.4 Å². The largest absolute Gasteiger partial charge is 0.497 e. The van der Waals surface area contributed by atoms with Crippen LogP contribution in [-0.4, -0.2) is 18.0 Å². The van der Waals surface area contributed by atoms with Gasteiger partial charge in [-0.2, -0.15) is 0 Å². The van der Waals surface area contributed by atoms with Crippen molar-refractivity contribution in [3.8, 4) is 5.75 Å². The van der Waals surface area contributed by atoms with E-state index in [1.54, 1.807) is 31.4 Å². The number of aryl methyl sites for hydroxylation is 1. The van der Waals surface area contributed by atoms with E-state index in [2.05, 4.69) is 10.3 Å². The Morgan fingerprint density at radius 2 is 1.91 bits per heavy atom. The Morgan fingerprint density at radius 3 is 2.59 bits per heavy atom. The first-order valence-electron chi connectivity index (χ1n) is 6.81. The van der Waals surface area contributed by atoms with Gasteiger partial charge in [0.15, 0.2) is 0 Å². The Morgan fingerprint density at radius 1 is 1.18 bits per heavy atom. The summed E-state index contributed by atoms with van der Waals surface area (Å²) in [6, 6.07) is 12.7. The first-order valence-corrected chi connectivity index (χ1v) is 7.19. The number of methoxy groups -OCH3 is 1. The number of aromatic amines is 1. The Bertz CT molecular complexity index is 838. The summed E-state index contributed by atoms with van der Waals surface area (Å²) in [5.41, 5.74) is 3.02. The first kappa shape index (κ1) is 14.5. The average Bonchev–Trinajstić information content (AvgIpc) is 2.86. The van der Waals surface area contributed by atoms with Gasteiger partial charge in [-0.05, 0) is 48.9 Å². The fourth-order valence-electron chi connectivity index (χ4n) is 2.40. The van der Waals surface area contributed by atoms with Crippen LogP contribution < -0.4 is 10.1 Å². The number of hydrogen-bond donors (Lipinski definition) is 2. The molecule has 2 aromatic carbocycles. The zero-order valence-corrected chi connectivity index (χ0v) is 13.0. The summed E-state index contributed by atoms with van der Waals surface area (Å²) in [5, 5.41) is 4.49. The van der Waals surface area contributed by atoms with Crippen molar-refractivity contribution in [3.63, 3.8) is 0 Å². The quantitative estimate of drug-likeness (QED) is 0.753. The fourth-order valence-corrected chi connectivity index (χ4v) is 2.52. The molecule has 0 fully saturated rings. The molecule has 3 aromatic rings. The number of carbonyl (C=O) groups is 1. The van der Waals surface area contributed by atoms with Crippen LogP contribution in [-0.2, 0) is 0 Å². The molecule has 0 radical (unpaired) electrons. The molecule has 1 amide bonds. The Balaban J connectivity index is 1.93. The molecule has 22 heavy (non-hydrogen) atoms. The molecule has 3 rings (SSSR count). The molecular formula is C17H15ClN2O2. The van der Waals surface area contributed by atoms with Gasteiger partial charge >= 0.3 is 0 Å². The summed E-state index contributed by atoms with van der Waals surface area (Å²) < 4.78 is 5.21. The fraction of sp³-hybridized carbons (Fsp3) is 0.118. The second-order valence-corrected chi connectivity index (χ2v) is 5.43. The minimum Gasteiger partial charge on any atom is -0.497 e. The summed E-state index contributed by atoms with van der Waals surface area (Å²) in [4.78, 5) is 15.6.